The van der Waals surface area contributed by atoms with Crippen LogP contribution < -0.4 is 10.5 Å². The molecule has 0 saturated carbocycles. The molecule has 1 unspecified atom stereocenters. The molecule has 2 aromatic rings. The summed E-state index contributed by atoms with van der Waals surface area (Å²) in [5.74, 6) is 1.42. The van der Waals surface area contributed by atoms with Gasteiger partial charge in [-0.25, -0.2) is 0 Å². The number of hydrogen-bond acceptors (Lipinski definition) is 2. The molecule has 20 heavy (non-hydrogen) atoms. The summed E-state index contributed by atoms with van der Waals surface area (Å²) in [6.07, 6.45) is 0.812. The maximum absolute atomic E-state index is 5.98. The monoisotopic (exact) mass is 309 g/mol. The minimum absolute atomic E-state index is 0.117. The second-order valence-corrected chi connectivity index (χ2v) is 5.86. The van der Waals surface area contributed by atoms with Crippen molar-refractivity contribution in [1.29, 1.82) is 0 Å². The maximum atomic E-state index is 5.98. The molecule has 106 valence electrons. The highest BCUT2D eigenvalue weighted by Crippen LogP contribution is 2.30. The summed E-state index contributed by atoms with van der Waals surface area (Å²) in [4.78, 5) is 0. The van der Waals surface area contributed by atoms with Crippen LogP contribution in [0.15, 0.2) is 36.4 Å². The Balaban J connectivity index is 2.27. The predicted molar refractivity (Wildman–Crippen MR) is 85.1 cm³/mol. The molecule has 0 aliphatic carbocycles. The van der Waals surface area contributed by atoms with Crippen LogP contribution in [0.1, 0.15) is 18.1 Å². The Labute approximate surface area is 129 Å². The molecule has 1 atom stereocenters. The lowest BCUT2D eigenvalue weighted by molar-refractivity contribution is 0.478. The first-order chi connectivity index (χ1) is 9.44. The van der Waals surface area contributed by atoms with E-state index in [1.54, 1.807) is 18.2 Å². The number of ether oxygens (including phenoxy) is 1. The highest BCUT2D eigenvalue weighted by Gasteiger charge is 2.06. The van der Waals surface area contributed by atoms with Crippen molar-refractivity contribution in [2.75, 3.05) is 0 Å². The lowest BCUT2D eigenvalue weighted by atomic mass is 10.1. The van der Waals surface area contributed by atoms with Gasteiger partial charge in [0.2, 0.25) is 0 Å². The minimum Gasteiger partial charge on any atom is -0.457 e. The first kappa shape index (κ1) is 15.2. The summed E-state index contributed by atoms with van der Waals surface area (Å²) in [5.41, 5.74) is 8.03. The second kappa shape index (κ2) is 6.49. The highest BCUT2D eigenvalue weighted by atomic mass is 35.5. The molecule has 2 aromatic carbocycles. The second-order valence-electron chi connectivity index (χ2n) is 4.99. The van der Waals surface area contributed by atoms with Crippen molar-refractivity contribution in [2.24, 2.45) is 5.73 Å². The van der Waals surface area contributed by atoms with Gasteiger partial charge in [0.15, 0.2) is 0 Å². The third-order valence-corrected chi connectivity index (χ3v) is 3.31. The van der Waals surface area contributed by atoms with Crippen LogP contribution in [0.4, 0.5) is 0 Å². The largest absolute Gasteiger partial charge is 0.457 e. The van der Waals surface area contributed by atoms with Crippen LogP contribution in [0, 0.1) is 6.92 Å². The topological polar surface area (TPSA) is 35.2 Å². The standard InChI is InChI=1S/C16H17Cl2NO/c1-10-3-4-12(5-11(2)19)6-16(10)20-15-8-13(17)7-14(18)9-15/h3-4,6-9,11H,5,19H2,1-2H3. The molecule has 0 amide bonds. The SMILES string of the molecule is Cc1ccc(CC(C)N)cc1Oc1cc(Cl)cc(Cl)c1. The zero-order valence-corrected chi connectivity index (χ0v) is 13.0. The fraction of sp³-hybridized carbons (Fsp3) is 0.250. The number of hydrogen-bond donors (Lipinski definition) is 1. The fourth-order valence-electron chi connectivity index (χ4n) is 1.97. The molecule has 2 rings (SSSR count). The molecule has 0 spiro atoms. The van der Waals surface area contributed by atoms with Crippen molar-refractivity contribution in [3.63, 3.8) is 0 Å². The van der Waals surface area contributed by atoms with Gasteiger partial charge in [-0.3, -0.25) is 0 Å². The van der Waals surface area contributed by atoms with E-state index in [0.717, 1.165) is 23.3 Å². The van der Waals surface area contributed by atoms with Gasteiger partial charge in [0.25, 0.3) is 0 Å². The first-order valence-corrected chi connectivity index (χ1v) is 7.18. The van der Waals surface area contributed by atoms with E-state index in [1.807, 2.05) is 26.0 Å². The quantitative estimate of drug-likeness (QED) is 0.864. The fourth-order valence-corrected chi connectivity index (χ4v) is 2.47. The van der Waals surface area contributed by atoms with Gasteiger partial charge in [-0.1, -0.05) is 35.3 Å². The molecule has 0 aromatic heterocycles. The Morgan fingerprint density at radius 1 is 1.10 bits per heavy atom. The maximum Gasteiger partial charge on any atom is 0.130 e. The van der Waals surface area contributed by atoms with Gasteiger partial charge >= 0.3 is 0 Å². The van der Waals surface area contributed by atoms with E-state index in [9.17, 15) is 0 Å². The number of benzene rings is 2. The summed E-state index contributed by atoms with van der Waals surface area (Å²) < 4.78 is 5.88. The van der Waals surface area contributed by atoms with Crippen molar-refractivity contribution in [2.45, 2.75) is 26.3 Å². The van der Waals surface area contributed by atoms with E-state index in [0.29, 0.717) is 15.8 Å². The van der Waals surface area contributed by atoms with Crippen LogP contribution in [-0.2, 0) is 6.42 Å². The molecule has 0 aliphatic heterocycles. The average Bonchev–Trinajstić information content (AvgIpc) is 2.31. The summed E-state index contributed by atoms with van der Waals surface area (Å²) in [7, 11) is 0. The van der Waals surface area contributed by atoms with Gasteiger partial charge < -0.3 is 10.5 Å². The number of halogens is 2. The van der Waals surface area contributed by atoms with Crippen LogP contribution in [0.25, 0.3) is 0 Å². The third kappa shape index (κ3) is 4.14. The lowest BCUT2D eigenvalue weighted by Crippen LogP contribution is -2.17. The van der Waals surface area contributed by atoms with Gasteiger partial charge in [0, 0.05) is 16.1 Å². The summed E-state index contributed by atoms with van der Waals surface area (Å²) in [6, 6.07) is 11.4. The van der Waals surface area contributed by atoms with Gasteiger partial charge in [-0.05, 0) is 55.7 Å². The van der Waals surface area contributed by atoms with Crippen LogP contribution in [0.5, 0.6) is 11.5 Å². The van der Waals surface area contributed by atoms with E-state index in [-0.39, 0.29) is 6.04 Å². The summed E-state index contributed by atoms with van der Waals surface area (Å²) in [6.45, 7) is 3.98. The van der Waals surface area contributed by atoms with E-state index < -0.39 is 0 Å². The van der Waals surface area contributed by atoms with E-state index in [2.05, 4.69) is 6.07 Å². The van der Waals surface area contributed by atoms with Gasteiger partial charge in [-0.2, -0.15) is 0 Å². The van der Waals surface area contributed by atoms with E-state index in [1.165, 1.54) is 0 Å². The number of aryl methyl sites for hydroxylation is 1. The van der Waals surface area contributed by atoms with Crippen molar-refractivity contribution < 1.29 is 4.74 Å². The Morgan fingerprint density at radius 2 is 1.75 bits per heavy atom. The average molecular weight is 310 g/mol. The van der Waals surface area contributed by atoms with Crippen molar-refractivity contribution in [1.82, 2.24) is 0 Å². The highest BCUT2D eigenvalue weighted by molar-refractivity contribution is 6.34. The number of rotatable bonds is 4. The Morgan fingerprint density at radius 3 is 2.35 bits per heavy atom. The smallest absolute Gasteiger partial charge is 0.130 e. The minimum atomic E-state index is 0.117. The van der Waals surface area contributed by atoms with Crippen LogP contribution in [0.2, 0.25) is 10.0 Å². The van der Waals surface area contributed by atoms with Gasteiger partial charge in [-0.15, -0.1) is 0 Å². The first-order valence-electron chi connectivity index (χ1n) is 6.43. The van der Waals surface area contributed by atoms with Crippen LogP contribution in [-0.4, -0.2) is 6.04 Å². The molecule has 2 nitrogen and oxygen atoms in total. The summed E-state index contributed by atoms with van der Waals surface area (Å²) >= 11 is 12.0. The van der Waals surface area contributed by atoms with Crippen molar-refractivity contribution in [3.8, 4) is 11.5 Å². The van der Waals surface area contributed by atoms with Gasteiger partial charge in [0.05, 0.1) is 0 Å². The van der Waals surface area contributed by atoms with E-state index >= 15 is 0 Å². The Hall–Kier alpha value is -1.22. The number of nitrogens with two attached hydrogens (primary N) is 1. The zero-order valence-electron chi connectivity index (χ0n) is 11.5. The molecule has 0 saturated heterocycles. The summed E-state index contributed by atoms with van der Waals surface area (Å²) in [5, 5.41) is 1.11. The lowest BCUT2D eigenvalue weighted by Gasteiger charge is -2.12. The molecule has 4 heteroatoms. The molecule has 0 radical (unpaired) electrons. The van der Waals surface area contributed by atoms with E-state index in [4.69, 9.17) is 33.7 Å². The van der Waals surface area contributed by atoms with Crippen LogP contribution >= 0.6 is 23.2 Å². The Kier molecular flexibility index (Phi) is 4.92. The molecule has 0 bridgehead atoms. The third-order valence-electron chi connectivity index (χ3n) is 2.87. The zero-order chi connectivity index (χ0) is 14.7. The van der Waals surface area contributed by atoms with Crippen LogP contribution in [0.3, 0.4) is 0 Å². The molecule has 0 heterocycles. The molecule has 2 N–H and O–H groups in total. The normalized spacial score (nSPS) is 12.2. The molecule has 0 fully saturated rings. The Bertz CT molecular complexity index is 591. The molecular formula is C16H17Cl2NO. The predicted octanol–water partition coefficient (Wildman–Crippen LogP) is 4.98. The van der Waals surface area contributed by atoms with Crippen molar-refractivity contribution in [3.05, 3.63) is 57.6 Å². The molecular weight excluding hydrogens is 293 g/mol. The van der Waals surface area contributed by atoms with Gasteiger partial charge in [0.1, 0.15) is 11.5 Å². The van der Waals surface area contributed by atoms with Crippen molar-refractivity contribution >= 4 is 23.2 Å². The molecule has 0 aliphatic rings.